The Morgan fingerprint density at radius 2 is 1.69 bits per heavy atom. The number of benzene rings is 2. The zero-order chi connectivity index (χ0) is 51.0. The molecule has 1 atom stereocenters. The SMILES string of the molecule is COc1cc(C(=O)NC2CCN(C(C)(C)CCCOC(C)(C)CCNc3cccc4c3C(=O)N(C3CCC(=O)NC3=O)C4=O)CC2)c(F)cc1Nc1ncc2c(n1)N(C1CCCC1)CC(F)(F)C(=O)N2C. The minimum Gasteiger partial charge on any atom is -0.495 e. The molecule has 5 heterocycles. The summed E-state index contributed by atoms with van der Waals surface area (Å²) in [5.74, 6) is -8.33. The van der Waals surface area contributed by atoms with Gasteiger partial charge in [0.05, 0.1) is 47.8 Å². The molecule has 3 aromatic rings. The highest BCUT2D eigenvalue weighted by atomic mass is 19.3. The Hall–Kier alpha value is -6.35. The standard InChI is InChI=1S/C50H63F3N10O8/c1-48(2,19-10-24-71-49(3,4)20-21-54-34-14-9-13-31-40(34)45(68)63(44(31)67)36-15-16-39(64)58-43(36)66)61-22-17-29(18-23-61)56-42(65)32-25-38(70-6)35(26-33(32)51)57-47-55-27-37-41(59-47)62(30-11-7-8-12-30)28-50(52,53)46(69)60(37)5/h9,13-14,25-27,29-30,36,54H,7-8,10-12,15-24,28H2,1-6H3,(H,56,65)(H,55,57,59)(H,58,64,66). The first-order chi connectivity index (χ1) is 33.7. The van der Waals surface area contributed by atoms with E-state index >= 15 is 13.2 Å². The topological polar surface area (TPSA) is 208 Å². The predicted octanol–water partition coefficient (Wildman–Crippen LogP) is 6.18. The number of rotatable bonds is 17. The van der Waals surface area contributed by atoms with Crippen molar-refractivity contribution in [3.8, 4) is 5.75 Å². The molecule has 1 aliphatic carbocycles. The summed E-state index contributed by atoms with van der Waals surface area (Å²) in [6.45, 7) is 9.94. The first-order valence-electron chi connectivity index (χ1n) is 24.4. The summed E-state index contributed by atoms with van der Waals surface area (Å²) in [6.07, 6.45) is 8.05. The minimum atomic E-state index is -3.64. The number of fused-ring (bicyclic) bond motifs is 2. The number of nitrogens with zero attached hydrogens (tertiary/aromatic N) is 6. The van der Waals surface area contributed by atoms with Gasteiger partial charge in [-0.15, -0.1) is 0 Å². The molecule has 18 nitrogen and oxygen atoms in total. The van der Waals surface area contributed by atoms with Gasteiger partial charge in [0, 0.05) is 69.1 Å². The summed E-state index contributed by atoms with van der Waals surface area (Å²) >= 11 is 0. The normalized spacial score (nSPS) is 20.2. The maximum Gasteiger partial charge on any atom is 0.342 e. The van der Waals surface area contributed by atoms with Crippen molar-refractivity contribution in [1.82, 2.24) is 30.4 Å². The first kappa shape index (κ1) is 51.0. The van der Waals surface area contributed by atoms with Gasteiger partial charge < -0.3 is 35.2 Å². The molecule has 3 fully saturated rings. The third-order valence-corrected chi connectivity index (χ3v) is 14.5. The van der Waals surface area contributed by atoms with Crippen LogP contribution in [0.15, 0.2) is 36.5 Å². The molecule has 2 aromatic carbocycles. The van der Waals surface area contributed by atoms with Crippen molar-refractivity contribution in [2.45, 2.75) is 134 Å². The summed E-state index contributed by atoms with van der Waals surface area (Å²) in [7, 11) is 2.64. The number of nitrogens with one attached hydrogen (secondary N) is 4. The number of methoxy groups -OCH3 is 1. The van der Waals surface area contributed by atoms with Crippen LogP contribution in [0.2, 0.25) is 0 Å². The molecular weight excluding hydrogens is 926 g/mol. The van der Waals surface area contributed by atoms with Crippen molar-refractivity contribution in [3.05, 3.63) is 59.0 Å². The van der Waals surface area contributed by atoms with Crippen LogP contribution in [0.25, 0.3) is 0 Å². The van der Waals surface area contributed by atoms with Gasteiger partial charge in [-0.05, 0) is 97.3 Å². The fourth-order valence-corrected chi connectivity index (χ4v) is 10.4. The molecule has 71 heavy (non-hydrogen) atoms. The maximum absolute atomic E-state index is 15.8. The van der Waals surface area contributed by atoms with E-state index in [4.69, 9.17) is 9.47 Å². The number of alkyl halides is 2. The second-order valence-electron chi connectivity index (χ2n) is 20.3. The summed E-state index contributed by atoms with van der Waals surface area (Å²) in [5.41, 5.74) is 0.276. The van der Waals surface area contributed by atoms with Gasteiger partial charge in [-0.1, -0.05) is 18.9 Å². The van der Waals surface area contributed by atoms with Gasteiger partial charge in [0.25, 0.3) is 23.6 Å². The van der Waals surface area contributed by atoms with Crippen molar-refractivity contribution < 1.29 is 51.4 Å². The molecule has 1 aromatic heterocycles. The number of hydrogen-bond donors (Lipinski definition) is 4. The molecule has 0 bridgehead atoms. The summed E-state index contributed by atoms with van der Waals surface area (Å²) in [6, 6.07) is 5.91. The third kappa shape index (κ3) is 10.8. The highest BCUT2D eigenvalue weighted by Gasteiger charge is 2.49. The number of imide groups is 2. The van der Waals surface area contributed by atoms with Crippen LogP contribution in [-0.2, 0) is 19.1 Å². The summed E-state index contributed by atoms with van der Waals surface area (Å²) < 4.78 is 57.8. The Bertz CT molecular complexity index is 2580. The van der Waals surface area contributed by atoms with E-state index in [1.54, 1.807) is 18.2 Å². The Labute approximate surface area is 410 Å². The lowest BCUT2D eigenvalue weighted by atomic mass is 9.92. The zero-order valence-electron chi connectivity index (χ0n) is 41.1. The number of likely N-dealkylation sites (tertiary alicyclic amines) is 1. The highest BCUT2D eigenvalue weighted by Crippen LogP contribution is 2.41. The van der Waals surface area contributed by atoms with Crippen LogP contribution in [0.5, 0.6) is 5.75 Å². The van der Waals surface area contributed by atoms with Gasteiger partial charge in [0.15, 0.2) is 5.82 Å². The number of anilines is 5. The van der Waals surface area contributed by atoms with Crippen molar-refractivity contribution in [2.75, 3.05) is 67.4 Å². The number of carbonyl (C=O) groups excluding carboxylic acids is 6. The molecule has 0 spiro atoms. The molecule has 1 saturated carbocycles. The van der Waals surface area contributed by atoms with Gasteiger partial charge in [0.1, 0.15) is 23.3 Å². The highest BCUT2D eigenvalue weighted by molar-refractivity contribution is 6.25. The molecule has 8 rings (SSSR count). The number of carbonyl (C=O) groups is 6. The number of aromatic nitrogens is 2. The maximum atomic E-state index is 15.8. The largest absolute Gasteiger partial charge is 0.495 e. The fourth-order valence-electron chi connectivity index (χ4n) is 10.4. The van der Waals surface area contributed by atoms with Crippen LogP contribution in [0.3, 0.4) is 0 Å². The van der Waals surface area contributed by atoms with E-state index in [1.165, 1.54) is 31.3 Å². The van der Waals surface area contributed by atoms with Crippen molar-refractivity contribution in [2.24, 2.45) is 0 Å². The second kappa shape index (κ2) is 20.4. The van der Waals surface area contributed by atoms with Crippen molar-refractivity contribution >= 4 is 64.3 Å². The molecule has 0 radical (unpaired) electrons. The fraction of sp³-hybridized carbons (Fsp3) is 0.560. The molecule has 4 N–H and O–H groups in total. The molecule has 382 valence electrons. The lowest BCUT2D eigenvalue weighted by molar-refractivity contribution is -0.140. The Kier molecular flexibility index (Phi) is 14.7. The van der Waals surface area contributed by atoms with E-state index in [9.17, 15) is 28.8 Å². The molecule has 4 aliphatic heterocycles. The van der Waals surface area contributed by atoms with Crippen LogP contribution in [0.1, 0.15) is 129 Å². The average molecular weight is 989 g/mol. The third-order valence-electron chi connectivity index (χ3n) is 14.5. The van der Waals surface area contributed by atoms with Crippen LogP contribution >= 0.6 is 0 Å². The van der Waals surface area contributed by atoms with Gasteiger partial charge in [-0.25, -0.2) is 9.37 Å². The van der Waals surface area contributed by atoms with E-state index in [0.29, 0.717) is 64.0 Å². The van der Waals surface area contributed by atoms with Gasteiger partial charge in [-0.2, -0.15) is 13.8 Å². The van der Waals surface area contributed by atoms with E-state index in [-0.39, 0.29) is 76.0 Å². The summed E-state index contributed by atoms with van der Waals surface area (Å²) in [4.78, 5) is 91.7. The number of halogens is 3. The van der Waals surface area contributed by atoms with Crippen LogP contribution in [0, 0.1) is 5.82 Å². The smallest absolute Gasteiger partial charge is 0.342 e. The molecule has 5 aliphatic rings. The molecule has 2 saturated heterocycles. The lowest BCUT2D eigenvalue weighted by Gasteiger charge is -2.43. The monoisotopic (exact) mass is 988 g/mol. The summed E-state index contributed by atoms with van der Waals surface area (Å²) in [5, 5.41) is 11.4. The second-order valence-corrected chi connectivity index (χ2v) is 20.3. The van der Waals surface area contributed by atoms with Crippen LogP contribution in [-0.4, -0.2) is 137 Å². The molecule has 6 amide bonds. The van der Waals surface area contributed by atoms with Gasteiger partial charge in [-0.3, -0.25) is 43.9 Å². The predicted molar refractivity (Wildman–Crippen MR) is 258 cm³/mol. The van der Waals surface area contributed by atoms with E-state index in [2.05, 4.69) is 50.0 Å². The quantitative estimate of drug-likeness (QED) is 0.0881. The Balaban J connectivity index is 0.794. The average Bonchev–Trinajstić information content (AvgIpc) is 3.94. The zero-order valence-corrected chi connectivity index (χ0v) is 41.1. The lowest BCUT2D eigenvalue weighted by Crippen LogP contribution is -2.54. The Morgan fingerprint density at radius 1 is 0.958 bits per heavy atom. The number of hydrogen-bond acceptors (Lipinski definition) is 14. The van der Waals surface area contributed by atoms with Crippen LogP contribution < -0.4 is 35.8 Å². The number of amides is 6. The van der Waals surface area contributed by atoms with Crippen molar-refractivity contribution in [3.63, 3.8) is 0 Å². The Morgan fingerprint density at radius 3 is 2.39 bits per heavy atom. The number of ether oxygens (including phenoxy) is 2. The van der Waals surface area contributed by atoms with Crippen molar-refractivity contribution in [1.29, 1.82) is 0 Å². The van der Waals surface area contributed by atoms with E-state index in [0.717, 1.165) is 41.5 Å². The van der Waals surface area contributed by atoms with E-state index in [1.807, 2.05) is 13.8 Å². The minimum absolute atomic E-state index is 0.0278. The molecule has 1 unspecified atom stereocenters. The molecular formula is C50H63F3N10O8. The molecule has 21 heteroatoms. The van der Waals surface area contributed by atoms with Crippen LogP contribution in [0.4, 0.5) is 42.0 Å². The number of piperidine rings is 2. The van der Waals surface area contributed by atoms with E-state index < -0.39 is 65.4 Å². The van der Waals surface area contributed by atoms with Gasteiger partial charge in [0.2, 0.25) is 17.8 Å². The van der Waals surface area contributed by atoms with Gasteiger partial charge >= 0.3 is 5.92 Å². The first-order valence-corrected chi connectivity index (χ1v) is 24.4.